The summed E-state index contributed by atoms with van der Waals surface area (Å²) in [5.41, 5.74) is 3.76. The van der Waals surface area contributed by atoms with Crippen LogP contribution in [0.25, 0.3) is 0 Å². The number of ketones is 1. The van der Waals surface area contributed by atoms with E-state index in [0.717, 1.165) is 16.7 Å². The Morgan fingerprint density at radius 2 is 1.83 bits per heavy atom. The van der Waals surface area contributed by atoms with E-state index in [1.165, 1.54) is 21.8 Å². The van der Waals surface area contributed by atoms with Gasteiger partial charge in [-0.25, -0.2) is 8.42 Å². The molecule has 0 saturated carbocycles. The number of rotatable bonds is 4. The molecule has 0 bridgehead atoms. The number of halogens is 1. The van der Waals surface area contributed by atoms with Crippen molar-refractivity contribution in [3.05, 3.63) is 91.6 Å². The second-order valence-electron chi connectivity index (χ2n) is 7.03. The molecule has 8 heteroatoms. The van der Waals surface area contributed by atoms with Crippen LogP contribution in [-0.4, -0.2) is 14.2 Å². The highest BCUT2D eigenvalue weighted by atomic mass is 35.5. The van der Waals surface area contributed by atoms with Gasteiger partial charge in [-0.2, -0.15) is 0 Å². The van der Waals surface area contributed by atoms with E-state index in [9.17, 15) is 13.2 Å². The number of hydrogen-bond donors (Lipinski definition) is 1. The number of nitrogens with one attached hydrogen (secondary N) is 1. The topological polar surface area (TPSA) is 66.5 Å². The first kappa shape index (κ1) is 20.7. The molecule has 0 aliphatic carbocycles. The fourth-order valence-corrected chi connectivity index (χ4v) is 5.88. The molecule has 0 fully saturated rings. The van der Waals surface area contributed by atoms with E-state index in [4.69, 9.17) is 11.6 Å². The van der Waals surface area contributed by atoms with Gasteiger partial charge in [0.2, 0.25) is 5.78 Å². The zero-order valence-corrected chi connectivity index (χ0v) is 18.7. The first-order valence-corrected chi connectivity index (χ1v) is 11.9. The van der Waals surface area contributed by atoms with Crippen LogP contribution < -0.4 is 9.62 Å². The summed E-state index contributed by atoms with van der Waals surface area (Å²) in [5.74, 6) is -0.507. The van der Waals surface area contributed by atoms with Crippen molar-refractivity contribution in [1.29, 1.82) is 0 Å². The van der Waals surface area contributed by atoms with E-state index < -0.39 is 15.8 Å². The van der Waals surface area contributed by atoms with Gasteiger partial charge < -0.3 is 5.32 Å². The number of carbonyl (C=O) groups is 1. The molecule has 0 atom stereocenters. The van der Waals surface area contributed by atoms with Crippen LogP contribution >= 0.6 is 22.9 Å². The minimum Gasteiger partial charge on any atom is -0.360 e. The maximum Gasteiger partial charge on any atom is 0.270 e. The number of Topliss-reactive ketones (excluding diaryl/α,β-unsaturated/α-hetero) is 1. The van der Waals surface area contributed by atoms with Crippen LogP contribution in [0.15, 0.2) is 65.0 Å². The van der Waals surface area contributed by atoms with E-state index >= 15 is 0 Å². The summed E-state index contributed by atoms with van der Waals surface area (Å²) in [6, 6.07) is 14.6. The van der Waals surface area contributed by atoms with Gasteiger partial charge in [-0.3, -0.25) is 9.10 Å². The number of anilines is 2. The van der Waals surface area contributed by atoms with E-state index in [1.54, 1.807) is 29.6 Å². The number of sulfonamides is 1. The van der Waals surface area contributed by atoms with Gasteiger partial charge in [0, 0.05) is 16.9 Å². The average molecular weight is 459 g/mol. The second-order valence-corrected chi connectivity index (χ2v) is 10.2. The number of aryl methyl sites for hydroxylation is 1. The minimum atomic E-state index is -4.04. The molecule has 154 valence electrons. The number of nitrogens with zero attached hydrogens (tertiary/aromatic N) is 1. The lowest BCUT2D eigenvalue weighted by atomic mass is 10.1. The van der Waals surface area contributed by atoms with Crippen molar-refractivity contribution < 1.29 is 13.2 Å². The molecule has 0 amide bonds. The van der Waals surface area contributed by atoms with E-state index in [-0.39, 0.29) is 11.4 Å². The van der Waals surface area contributed by atoms with Crippen LogP contribution in [0, 0.1) is 13.8 Å². The molecule has 0 spiro atoms. The van der Waals surface area contributed by atoms with Gasteiger partial charge in [0.1, 0.15) is 4.88 Å². The molecule has 0 saturated heterocycles. The van der Waals surface area contributed by atoms with Crippen molar-refractivity contribution >= 4 is 50.1 Å². The molecule has 1 aliphatic heterocycles. The van der Waals surface area contributed by atoms with Gasteiger partial charge in [-0.05, 0) is 48.6 Å². The minimum absolute atomic E-state index is 0.146. The summed E-state index contributed by atoms with van der Waals surface area (Å²) in [5, 5.41) is 5.24. The fraction of sp³-hybridized carbons (Fsp3) is 0.136. The highest BCUT2D eigenvalue weighted by molar-refractivity contribution is 7.97. The van der Waals surface area contributed by atoms with Crippen molar-refractivity contribution in [2.24, 2.45) is 0 Å². The van der Waals surface area contributed by atoms with Crippen LogP contribution in [0.5, 0.6) is 0 Å². The normalized spacial score (nSPS) is 16.6. The van der Waals surface area contributed by atoms with Gasteiger partial charge in [-0.15, -0.1) is 11.3 Å². The predicted octanol–water partition coefficient (Wildman–Crippen LogP) is 5.50. The zero-order chi connectivity index (χ0) is 21.5. The average Bonchev–Trinajstić information content (AvgIpc) is 3.19. The number of fused-ring (bicyclic) bond motifs is 1. The third-order valence-corrected chi connectivity index (χ3v) is 8.06. The molecule has 0 unspecified atom stereocenters. The van der Waals surface area contributed by atoms with Crippen molar-refractivity contribution in [3.8, 4) is 0 Å². The second kappa shape index (κ2) is 7.91. The molecule has 5 nitrogen and oxygen atoms in total. The van der Waals surface area contributed by atoms with E-state index in [2.05, 4.69) is 5.32 Å². The lowest BCUT2D eigenvalue weighted by Crippen LogP contribution is -2.38. The molecule has 2 heterocycles. The Bertz CT molecular complexity index is 1260. The summed E-state index contributed by atoms with van der Waals surface area (Å²) in [4.78, 5) is 13.1. The lowest BCUT2D eigenvalue weighted by Gasteiger charge is -2.29. The molecule has 1 aromatic heterocycles. The van der Waals surface area contributed by atoms with Crippen LogP contribution in [0.3, 0.4) is 0 Å². The molecule has 0 radical (unpaired) electrons. The highest BCUT2D eigenvalue weighted by Gasteiger charge is 2.41. The number of thiophene rings is 1. The van der Waals surface area contributed by atoms with Crippen LogP contribution in [0.4, 0.5) is 11.4 Å². The molecule has 2 aromatic carbocycles. The predicted molar refractivity (Wildman–Crippen MR) is 123 cm³/mol. The third-order valence-electron chi connectivity index (χ3n) is 4.98. The van der Waals surface area contributed by atoms with Gasteiger partial charge >= 0.3 is 0 Å². The van der Waals surface area contributed by atoms with E-state index in [1.807, 2.05) is 38.1 Å². The van der Waals surface area contributed by atoms with Crippen molar-refractivity contribution in [1.82, 2.24) is 0 Å². The third kappa shape index (κ3) is 3.64. The van der Waals surface area contributed by atoms with E-state index in [0.29, 0.717) is 21.3 Å². The Kier molecular flexibility index (Phi) is 5.44. The lowest BCUT2D eigenvalue weighted by molar-refractivity contribution is 0.104. The largest absolute Gasteiger partial charge is 0.360 e. The zero-order valence-electron chi connectivity index (χ0n) is 16.3. The van der Waals surface area contributed by atoms with Crippen LogP contribution in [-0.2, 0) is 16.6 Å². The molecule has 4 rings (SSSR count). The molecule has 3 aromatic rings. The first-order valence-electron chi connectivity index (χ1n) is 9.21. The number of allylic oxidation sites excluding steroid dienone is 1. The smallest absolute Gasteiger partial charge is 0.270 e. The Labute approximate surface area is 184 Å². The molecule has 1 N–H and O–H groups in total. The van der Waals surface area contributed by atoms with Crippen LogP contribution in [0.2, 0.25) is 5.02 Å². The first-order chi connectivity index (χ1) is 14.3. The van der Waals surface area contributed by atoms with Gasteiger partial charge in [0.25, 0.3) is 10.0 Å². The Morgan fingerprint density at radius 3 is 2.57 bits per heavy atom. The molecule has 1 aliphatic rings. The Balaban J connectivity index is 1.75. The standard InChI is InChI=1S/C22H19ClN2O3S2/c1-14-6-8-16(9-7-14)13-25-19-10-11-29-22(19)21(26)20(30(25,27)28)12-24-18-5-3-4-17(23)15(18)2/h3-12,24H,13H2,1-2H3/b20-12-. The number of hydrogen-bond acceptors (Lipinski definition) is 5. The maximum absolute atomic E-state index is 13.4. The monoisotopic (exact) mass is 458 g/mol. The molecular weight excluding hydrogens is 440 g/mol. The summed E-state index contributed by atoms with van der Waals surface area (Å²) < 4.78 is 28.1. The summed E-state index contributed by atoms with van der Waals surface area (Å²) in [6.45, 7) is 3.94. The van der Waals surface area contributed by atoms with Crippen molar-refractivity contribution in [2.75, 3.05) is 9.62 Å². The van der Waals surface area contributed by atoms with Gasteiger partial charge in [-0.1, -0.05) is 47.5 Å². The molecule has 30 heavy (non-hydrogen) atoms. The summed E-state index contributed by atoms with van der Waals surface area (Å²) in [7, 11) is -4.04. The Hall–Kier alpha value is -2.61. The maximum atomic E-state index is 13.4. The molecular formula is C22H19ClN2O3S2. The summed E-state index contributed by atoms with van der Waals surface area (Å²) >= 11 is 7.38. The van der Waals surface area contributed by atoms with Gasteiger partial charge in [0.05, 0.1) is 12.2 Å². The van der Waals surface area contributed by atoms with Crippen LogP contribution in [0.1, 0.15) is 26.4 Å². The summed E-state index contributed by atoms with van der Waals surface area (Å²) in [6.07, 6.45) is 1.27. The van der Waals surface area contributed by atoms with Gasteiger partial charge in [0.15, 0.2) is 4.91 Å². The highest BCUT2D eigenvalue weighted by Crippen LogP contribution is 2.39. The number of carbonyl (C=O) groups excluding carboxylic acids is 1. The quantitative estimate of drug-likeness (QED) is 0.524. The van der Waals surface area contributed by atoms with Crippen molar-refractivity contribution in [2.45, 2.75) is 20.4 Å². The Morgan fingerprint density at radius 1 is 1.10 bits per heavy atom. The number of benzene rings is 2. The SMILES string of the molecule is Cc1ccc(CN2c3ccsc3C(=O)/C(=C/Nc3cccc(Cl)c3C)S2(=O)=O)cc1. The fourth-order valence-electron chi connectivity index (χ4n) is 3.22. The van der Waals surface area contributed by atoms with Crippen molar-refractivity contribution in [3.63, 3.8) is 0 Å².